The molecule has 2 aliphatic heterocycles. The van der Waals surface area contributed by atoms with Crippen molar-refractivity contribution in [2.45, 2.75) is 44.7 Å². The molecule has 2 aliphatic rings. The normalized spacial score (nSPS) is 26.3. The number of hydrogen-bond donors (Lipinski definition) is 0. The summed E-state index contributed by atoms with van der Waals surface area (Å²) in [5.74, 6) is 0.287. The van der Waals surface area contributed by atoms with Crippen LogP contribution >= 0.6 is 11.3 Å². The second-order valence-electron chi connectivity index (χ2n) is 6.16. The smallest absolute Gasteiger partial charge is 0.243 e. The Hall–Kier alpha value is -1.05. The molecular formula is C15H24N4O2S. The van der Waals surface area contributed by atoms with Crippen LogP contribution in [0.4, 0.5) is 0 Å². The number of piperidine rings is 1. The fourth-order valence-electron chi connectivity index (χ4n) is 3.73. The van der Waals surface area contributed by atoms with E-state index >= 15 is 0 Å². The Morgan fingerprint density at radius 3 is 2.73 bits per heavy atom. The van der Waals surface area contributed by atoms with Crippen LogP contribution in [0, 0.1) is 6.92 Å². The van der Waals surface area contributed by atoms with E-state index in [9.17, 15) is 4.79 Å². The number of rotatable bonds is 5. The lowest BCUT2D eigenvalue weighted by molar-refractivity contribution is -0.148. The van der Waals surface area contributed by atoms with Gasteiger partial charge in [-0.15, -0.1) is 21.5 Å². The first-order valence-corrected chi connectivity index (χ1v) is 8.80. The van der Waals surface area contributed by atoms with E-state index in [2.05, 4.69) is 15.1 Å². The number of amides is 1. The maximum absolute atomic E-state index is 13.1. The first-order chi connectivity index (χ1) is 10.7. The van der Waals surface area contributed by atoms with Gasteiger partial charge in [-0.2, -0.15) is 0 Å². The van der Waals surface area contributed by atoms with Crippen LogP contribution < -0.4 is 0 Å². The minimum absolute atomic E-state index is 0.287. The molecule has 1 unspecified atom stereocenters. The summed E-state index contributed by atoms with van der Waals surface area (Å²) in [5, 5.41) is 10.3. The van der Waals surface area contributed by atoms with Crippen molar-refractivity contribution in [1.29, 1.82) is 0 Å². The minimum atomic E-state index is -0.314. The van der Waals surface area contributed by atoms with E-state index < -0.39 is 0 Å². The predicted molar refractivity (Wildman–Crippen MR) is 84.7 cm³/mol. The molecule has 6 nitrogen and oxygen atoms in total. The van der Waals surface area contributed by atoms with E-state index in [0.29, 0.717) is 13.2 Å². The van der Waals surface area contributed by atoms with Crippen LogP contribution in [0.5, 0.6) is 0 Å². The van der Waals surface area contributed by atoms with Gasteiger partial charge in [-0.05, 0) is 39.2 Å². The van der Waals surface area contributed by atoms with Gasteiger partial charge in [-0.1, -0.05) is 0 Å². The zero-order valence-corrected chi connectivity index (χ0v) is 14.2. The molecule has 1 spiro atoms. The number of carbonyl (C=O) groups excluding carboxylic acids is 1. The molecule has 0 aromatic carbocycles. The van der Waals surface area contributed by atoms with Gasteiger partial charge in [-0.3, -0.25) is 9.69 Å². The van der Waals surface area contributed by atoms with Crippen LogP contribution in [0.1, 0.15) is 35.7 Å². The molecule has 2 fully saturated rings. The molecule has 0 N–H and O–H groups in total. The lowest BCUT2D eigenvalue weighted by Gasteiger charge is -2.44. The Morgan fingerprint density at radius 1 is 1.27 bits per heavy atom. The molecule has 1 atom stereocenters. The molecule has 1 amide bonds. The van der Waals surface area contributed by atoms with E-state index in [4.69, 9.17) is 4.74 Å². The molecule has 22 heavy (non-hydrogen) atoms. The van der Waals surface area contributed by atoms with Gasteiger partial charge in [0.2, 0.25) is 5.91 Å². The highest BCUT2D eigenvalue weighted by Crippen LogP contribution is 2.39. The number of hydrogen-bond acceptors (Lipinski definition) is 6. The summed E-state index contributed by atoms with van der Waals surface area (Å²) in [5.41, 5.74) is -0.314. The second kappa shape index (κ2) is 6.60. The number of ether oxygens (including phenoxy) is 1. The molecule has 3 rings (SSSR count). The SMILES string of the molecule is COCCN1CCCC2(CCCN2Cc2nnc(C)s2)C1=O. The van der Waals surface area contributed by atoms with Crippen LogP contribution in [0.3, 0.4) is 0 Å². The number of methoxy groups -OCH3 is 1. The van der Waals surface area contributed by atoms with E-state index in [0.717, 1.165) is 55.3 Å². The summed E-state index contributed by atoms with van der Waals surface area (Å²) in [7, 11) is 1.68. The Balaban J connectivity index is 1.75. The molecule has 1 aromatic heterocycles. The van der Waals surface area contributed by atoms with Gasteiger partial charge in [0.05, 0.1) is 13.2 Å². The van der Waals surface area contributed by atoms with Crippen LogP contribution in [0.2, 0.25) is 0 Å². The summed E-state index contributed by atoms with van der Waals surface area (Å²) in [6, 6.07) is 0. The minimum Gasteiger partial charge on any atom is -0.383 e. The summed E-state index contributed by atoms with van der Waals surface area (Å²) in [6.07, 6.45) is 4.09. The van der Waals surface area contributed by atoms with Crippen LogP contribution in [-0.2, 0) is 16.1 Å². The van der Waals surface area contributed by atoms with Gasteiger partial charge in [-0.25, -0.2) is 0 Å². The number of carbonyl (C=O) groups is 1. The van der Waals surface area contributed by atoms with Crippen molar-refractivity contribution >= 4 is 17.2 Å². The molecule has 3 heterocycles. The van der Waals surface area contributed by atoms with Gasteiger partial charge >= 0.3 is 0 Å². The summed E-state index contributed by atoms with van der Waals surface area (Å²) >= 11 is 1.63. The van der Waals surface area contributed by atoms with Crippen molar-refractivity contribution in [1.82, 2.24) is 20.0 Å². The first-order valence-electron chi connectivity index (χ1n) is 7.98. The molecule has 2 saturated heterocycles. The van der Waals surface area contributed by atoms with Gasteiger partial charge in [0.15, 0.2) is 0 Å². The molecule has 0 aliphatic carbocycles. The maximum atomic E-state index is 13.1. The third kappa shape index (κ3) is 2.89. The predicted octanol–water partition coefficient (Wildman–Crippen LogP) is 1.45. The van der Waals surface area contributed by atoms with E-state index in [-0.39, 0.29) is 11.4 Å². The van der Waals surface area contributed by atoms with Crippen molar-refractivity contribution < 1.29 is 9.53 Å². The number of nitrogens with zero attached hydrogens (tertiary/aromatic N) is 4. The van der Waals surface area contributed by atoms with Crippen molar-refractivity contribution in [2.75, 3.05) is 33.4 Å². The quantitative estimate of drug-likeness (QED) is 0.820. The molecule has 1 aromatic rings. The Labute approximate surface area is 135 Å². The average molecular weight is 324 g/mol. The fourth-order valence-corrected chi connectivity index (χ4v) is 4.46. The van der Waals surface area contributed by atoms with Crippen LogP contribution in [0.15, 0.2) is 0 Å². The van der Waals surface area contributed by atoms with Crippen molar-refractivity contribution in [3.05, 3.63) is 10.0 Å². The zero-order valence-electron chi connectivity index (χ0n) is 13.4. The van der Waals surface area contributed by atoms with Crippen molar-refractivity contribution in [3.63, 3.8) is 0 Å². The standard InChI is InChI=1S/C15H24N4O2S/c1-12-16-17-13(22-12)11-19-8-4-6-15(19)5-3-7-18(14(15)20)9-10-21-2/h3-11H2,1-2H3. The lowest BCUT2D eigenvalue weighted by atomic mass is 9.85. The second-order valence-corrected chi connectivity index (χ2v) is 7.43. The van der Waals surface area contributed by atoms with Gasteiger partial charge in [0.1, 0.15) is 15.6 Å². The maximum Gasteiger partial charge on any atom is 0.243 e. The van der Waals surface area contributed by atoms with Crippen molar-refractivity contribution in [3.8, 4) is 0 Å². The van der Waals surface area contributed by atoms with E-state index in [1.54, 1.807) is 18.4 Å². The van der Waals surface area contributed by atoms with Gasteiger partial charge in [0.25, 0.3) is 0 Å². The molecular weight excluding hydrogens is 300 g/mol. The highest BCUT2D eigenvalue weighted by Gasteiger charge is 2.50. The van der Waals surface area contributed by atoms with E-state index in [1.165, 1.54) is 0 Å². The summed E-state index contributed by atoms with van der Waals surface area (Å²) in [6.45, 7) is 5.85. The highest BCUT2D eigenvalue weighted by atomic mass is 32.1. The van der Waals surface area contributed by atoms with Crippen LogP contribution in [0.25, 0.3) is 0 Å². The fraction of sp³-hybridized carbons (Fsp3) is 0.800. The molecule has 0 bridgehead atoms. The average Bonchev–Trinajstić information content (AvgIpc) is 3.09. The lowest BCUT2D eigenvalue weighted by Crippen LogP contribution is -2.60. The molecule has 7 heteroatoms. The van der Waals surface area contributed by atoms with Gasteiger partial charge in [0, 0.05) is 20.2 Å². The zero-order chi connectivity index (χ0) is 15.6. The first kappa shape index (κ1) is 15.8. The highest BCUT2D eigenvalue weighted by molar-refractivity contribution is 7.11. The summed E-state index contributed by atoms with van der Waals surface area (Å²) in [4.78, 5) is 17.4. The van der Waals surface area contributed by atoms with Crippen molar-refractivity contribution in [2.24, 2.45) is 0 Å². The van der Waals surface area contributed by atoms with Gasteiger partial charge < -0.3 is 9.64 Å². The Morgan fingerprint density at radius 2 is 2.05 bits per heavy atom. The Bertz CT molecular complexity index is 535. The third-order valence-corrected chi connectivity index (χ3v) is 5.61. The molecule has 0 radical (unpaired) electrons. The molecule has 122 valence electrons. The number of aromatic nitrogens is 2. The van der Waals surface area contributed by atoms with Crippen LogP contribution in [-0.4, -0.2) is 64.8 Å². The number of likely N-dealkylation sites (tertiary alicyclic amines) is 2. The molecule has 0 saturated carbocycles. The number of aryl methyl sites for hydroxylation is 1. The summed E-state index contributed by atoms with van der Waals surface area (Å²) < 4.78 is 5.15. The topological polar surface area (TPSA) is 58.6 Å². The third-order valence-electron chi connectivity index (χ3n) is 4.79. The monoisotopic (exact) mass is 324 g/mol. The largest absolute Gasteiger partial charge is 0.383 e. The Kier molecular flexibility index (Phi) is 4.75. The van der Waals surface area contributed by atoms with E-state index in [1.807, 2.05) is 11.8 Å².